The van der Waals surface area contributed by atoms with Crippen LogP contribution in [0.3, 0.4) is 0 Å². The molecule has 0 saturated heterocycles. The molecule has 0 amide bonds. The second-order valence-corrected chi connectivity index (χ2v) is 5.66. The van der Waals surface area contributed by atoms with Crippen molar-refractivity contribution in [1.29, 1.82) is 0 Å². The highest BCUT2D eigenvalue weighted by Crippen LogP contribution is 2.29. The molecule has 0 aliphatic heterocycles. The molecule has 1 aromatic carbocycles. The summed E-state index contributed by atoms with van der Waals surface area (Å²) in [6, 6.07) is 4.27. The van der Waals surface area contributed by atoms with Crippen LogP contribution in [0.4, 0.5) is 4.39 Å². The molecular weight excluding hydrogens is 400 g/mol. The van der Waals surface area contributed by atoms with Gasteiger partial charge >= 0.3 is 0 Å². The molecule has 0 fully saturated rings. The van der Waals surface area contributed by atoms with E-state index in [4.69, 9.17) is 5.73 Å². The molecule has 0 aliphatic carbocycles. The zero-order chi connectivity index (χ0) is 12.6. The maximum atomic E-state index is 13.0. The van der Waals surface area contributed by atoms with E-state index in [-0.39, 0.29) is 11.9 Å². The van der Waals surface area contributed by atoms with Crippen molar-refractivity contribution in [1.82, 2.24) is 9.78 Å². The SMILES string of the molecule is Cn1ncc(Br)c1C(N)c1ccc(F)cc1I. The van der Waals surface area contributed by atoms with Gasteiger partial charge in [0.15, 0.2) is 0 Å². The Bertz CT molecular complexity index is 536. The largest absolute Gasteiger partial charge is 0.319 e. The Balaban J connectivity index is 2.47. The highest BCUT2D eigenvalue weighted by atomic mass is 127. The number of benzene rings is 1. The second kappa shape index (κ2) is 5.03. The molecule has 1 atom stereocenters. The Labute approximate surface area is 120 Å². The molecule has 1 heterocycles. The molecule has 0 bridgehead atoms. The smallest absolute Gasteiger partial charge is 0.124 e. The number of halogens is 3. The van der Waals surface area contributed by atoms with E-state index in [1.165, 1.54) is 12.1 Å². The van der Waals surface area contributed by atoms with Crippen LogP contribution in [0.25, 0.3) is 0 Å². The fourth-order valence-corrected chi connectivity index (χ4v) is 3.08. The predicted molar refractivity (Wildman–Crippen MR) is 76.1 cm³/mol. The van der Waals surface area contributed by atoms with Crippen LogP contribution in [0.1, 0.15) is 17.3 Å². The lowest BCUT2D eigenvalue weighted by Crippen LogP contribution is -2.17. The van der Waals surface area contributed by atoms with E-state index >= 15 is 0 Å². The first kappa shape index (κ1) is 13.0. The molecule has 2 N–H and O–H groups in total. The van der Waals surface area contributed by atoms with E-state index in [2.05, 4.69) is 43.6 Å². The molecule has 90 valence electrons. The van der Waals surface area contributed by atoms with Gasteiger partial charge in [0.05, 0.1) is 22.4 Å². The van der Waals surface area contributed by atoms with Crippen LogP contribution in [0.5, 0.6) is 0 Å². The normalized spacial score (nSPS) is 12.8. The summed E-state index contributed by atoms with van der Waals surface area (Å²) in [4.78, 5) is 0. The van der Waals surface area contributed by atoms with E-state index < -0.39 is 0 Å². The van der Waals surface area contributed by atoms with Crippen LogP contribution >= 0.6 is 38.5 Å². The molecule has 2 rings (SSSR count). The number of nitrogens with two attached hydrogens (primary N) is 1. The minimum Gasteiger partial charge on any atom is -0.319 e. The summed E-state index contributed by atoms with van der Waals surface area (Å²) < 4.78 is 16.4. The highest BCUT2D eigenvalue weighted by molar-refractivity contribution is 14.1. The summed E-state index contributed by atoms with van der Waals surface area (Å²) in [6.07, 6.45) is 1.70. The molecule has 1 unspecified atom stereocenters. The number of aromatic nitrogens is 2. The second-order valence-electron chi connectivity index (χ2n) is 3.64. The summed E-state index contributed by atoms with van der Waals surface area (Å²) in [7, 11) is 1.83. The molecule has 6 heteroatoms. The summed E-state index contributed by atoms with van der Waals surface area (Å²) >= 11 is 5.50. The van der Waals surface area contributed by atoms with Crippen molar-refractivity contribution in [3.8, 4) is 0 Å². The van der Waals surface area contributed by atoms with Crippen molar-refractivity contribution in [2.75, 3.05) is 0 Å². The number of hydrogen-bond donors (Lipinski definition) is 1. The van der Waals surface area contributed by atoms with Crippen molar-refractivity contribution in [3.63, 3.8) is 0 Å². The zero-order valence-corrected chi connectivity index (χ0v) is 12.7. The van der Waals surface area contributed by atoms with E-state index in [9.17, 15) is 4.39 Å². The summed E-state index contributed by atoms with van der Waals surface area (Å²) in [5.41, 5.74) is 7.95. The Hall–Kier alpha value is -0.470. The fraction of sp³-hybridized carbons (Fsp3) is 0.182. The van der Waals surface area contributed by atoms with Gasteiger partial charge in [-0.25, -0.2) is 4.39 Å². The van der Waals surface area contributed by atoms with Gasteiger partial charge in [0.25, 0.3) is 0 Å². The quantitative estimate of drug-likeness (QED) is 0.775. The molecule has 1 aromatic heterocycles. The first-order valence-corrected chi connectivity index (χ1v) is 6.76. The third kappa shape index (κ3) is 2.53. The van der Waals surface area contributed by atoms with E-state index in [0.717, 1.165) is 19.3 Å². The van der Waals surface area contributed by atoms with Gasteiger partial charge in [-0.2, -0.15) is 5.10 Å². The lowest BCUT2D eigenvalue weighted by Gasteiger charge is -2.15. The topological polar surface area (TPSA) is 43.8 Å². The van der Waals surface area contributed by atoms with E-state index in [0.29, 0.717) is 0 Å². The Morgan fingerprint density at radius 2 is 2.24 bits per heavy atom. The molecule has 17 heavy (non-hydrogen) atoms. The lowest BCUT2D eigenvalue weighted by molar-refractivity contribution is 0.623. The van der Waals surface area contributed by atoms with Gasteiger partial charge in [0, 0.05) is 10.6 Å². The van der Waals surface area contributed by atoms with Crippen molar-refractivity contribution in [3.05, 3.63) is 49.5 Å². The predicted octanol–water partition coefficient (Wildman–Crippen LogP) is 2.97. The first-order valence-electron chi connectivity index (χ1n) is 4.88. The van der Waals surface area contributed by atoms with E-state index in [1.807, 2.05) is 7.05 Å². The Morgan fingerprint density at radius 3 is 2.76 bits per heavy atom. The minimum absolute atomic E-state index is 0.255. The van der Waals surface area contributed by atoms with E-state index in [1.54, 1.807) is 16.9 Å². The molecular formula is C11H10BrFIN3. The Morgan fingerprint density at radius 1 is 1.53 bits per heavy atom. The third-order valence-electron chi connectivity index (χ3n) is 2.53. The molecule has 3 nitrogen and oxygen atoms in total. The van der Waals surface area contributed by atoms with Crippen LogP contribution in [0, 0.1) is 9.39 Å². The molecule has 0 spiro atoms. The third-order valence-corrected chi connectivity index (χ3v) is 4.07. The molecule has 2 aromatic rings. The van der Waals surface area contributed by atoms with Crippen LogP contribution in [0.15, 0.2) is 28.9 Å². The van der Waals surface area contributed by atoms with Crippen LogP contribution < -0.4 is 5.73 Å². The average molecular weight is 410 g/mol. The maximum Gasteiger partial charge on any atom is 0.124 e. The maximum absolute atomic E-state index is 13.0. The first-order chi connectivity index (χ1) is 8.00. The monoisotopic (exact) mass is 409 g/mol. The summed E-state index contributed by atoms with van der Waals surface area (Å²) in [6.45, 7) is 0. The van der Waals surface area contributed by atoms with Crippen molar-refractivity contribution in [2.24, 2.45) is 12.8 Å². The number of hydrogen-bond acceptors (Lipinski definition) is 2. The summed E-state index contributed by atoms with van der Waals surface area (Å²) in [5, 5.41) is 4.12. The van der Waals surface area contributed by atoms with Crippen molar-refractivity contribution in [2.45, 2.75) is 6.04 Å². The molecule has 0 saturated carbocycles. The Kier molecular flexibility index (Phi) is 3.84. The number of rotatable bonds is 2. The van der Waals surface area contributed by atoms with Crippen LogP contribution in [0.2, 0.25) is 0 Å². The summed E-state index contributed by atoms with van der Waals surface area (Å²) in [5.74, 6) is -0.255. The molecule has 0 radical (unpaired) electrons. The van der Waals surface area contributed by atoms with Crippen molar-refractivity contribution < 1.29 is 4.39 Å². The van der Waals surface area contributed by atoms with Gasteiger partial charge in [0.1, 0.15) is 5.82 Å². The van der Waals surface area contributed by atoms with Gasteiger partial charge in [-0.05, 0) is 56.2 Å². The highest BCUT2D eigenvalue weighted by Gasteiger charge is 2.19. The number of nitrogens with zero attached hydrogens (tertiary/aromatic N) is 2. The van der Waals surface area contributed by atoms with Gasteiger partial charge in [-0.1, -0.05) is 6.07 Å². The molecule has 0 aliphatic rings. The lowest BCUT2D eigenvalue weighted by atomic mass is 10.0. The average Bonchev–Trinajstić information content (AvgIpc) is 2.58. The van der Waals surface area contributed by atoms with Crippen LogP contribution in [-0.4, -0.2) is 9.78 Å². The zero-order valence-electron chi connectivity index (χ0n) is 8.99. The minimum atomic E-state index is -0.329. The fourth-order valence-electron chi connectivity index (χ4n) is 1.67. The van der Waals surface area contributed by atoms with Gasteiger partial charge in [-0.3, -0.25) is 4.68 Å². The van der Waals surface area contributed by atoms with Gasteiger partial charge in [-0.15, -0.1) is 0 Å². The van der Waals surface area contributed by atoms with Crippen molar-refractivity contribution >= 4 is 38.5 Å². The van der Waals surface area contributed by atoms with Crippen LogP contribution in [-0.2, 0) is 7.05 Å². The van der Waals surface area contributed by atoms with Gasteiger partial charge in [0.2, 0.25) is 0 Å². The number of aryl methyl sites for hydroxylation is 1. The standard InChI is InChI=1S/C11H10BrFIN3/c1-17-11(8(12)5-16-17)10(15)7-3-2-6(13)4-9(7)14/h2-5,10H,15H2,1H3. The van der Waals surface area contributed by atoms with Gasteiger partial charge < -0.3 is 5.73 Å².